The Balaban J connectivity index is 1.15. The standard InChI is InChI=1S/C46H4B20N4O2S/c47-16-8-14-39(30(61)19(50)10-11-18(49)24(55)28(59)34(65)42(11)72-41(10)14)70(38(8)33(64)27(58)22(16)53)46-43-36(67-4-68-46)6-3-5(1-2-7(6)71-43)69-37-9(17(48)23(54)26(57)32(37)63)15-40(69)31(62)21(52)12-13-20(51)25(56)29(60)35(66)45(13)73-44(12)15/h1-4H. The van der Waals surface area contributed by atoms with Gasteiger partial charge in [0, 0.05) is 64.0 Å². The summed E-state index contributed by atoms with van der Waals surface area (Å²) in [6.07, 6.45) is 1.33. The van der Waals surface area contributed by atoms with Crippen LogP contribution in [0.25, 0.3) is 119 Å². The van der Waals surface area contributed by atoms with Crippen molar-refractivity contribution in [1.29, 1.82) is 0 Å². The number of nitrogens with zero attached hydrogens (tertiary/aromatic N) is 4. The molecule has 0 N–H and O–H groups in total. The van der Waals surface area contributed by atoms with Crippen molar-refractivity contribution in [2.24, 2.45) is 0 Å². The highest BCUT2D eigenvalue weighted by atomic mass is 32.1. The van der Waals surface area contributed by atoms with Gasteiger partial charge in [0.1, 0.15) is 186 Å². The number of furan rings is 2. The van der Waals surface area contributed by atoms with Crippen LogP contribution in [0.2, 0.25) is 0 Å². The fourth-order valence-corrected chi connectivity index (χ4v) is 12.2. The van der Waals surface area contributed by atoms with E-state index in [9.17, 15) is 0 Å². The smallest absolute Gasteiger partial charge is 0.197 e. The minimum Gasteiger partial charge on any atom is -0.456 e. The lowest BCUT2D eigenvalue weighted by Gasteiger charge is -2.17. The van der Waals surface area contributed by atoms with Crippen molar-refractivity contribution < 1.29 is 8.83 Å². The Labute approximate surface area is 446 Å². The van der Waals surface area contributed by atoms with Crippen molar-refractivity contribution in [3.05, 3.63) is 24.5 Å². The maximum atomic E-state index is 7.13. The summed E-state index contributed by atoms with van der Waals surface area (Å²) in [7, 11) is 134. The zero-order valence-electron chi connectivity index (χ0n) is 37.9. The SMILES string of the molecule is [B]c1c([B])c([B])c2c(oc3c2c([B])c([B])c2c3c3c([B])c([B])c([B])c([B])c3n2-c2ncnc3c2oc2ccc(-n4c5c([B])c([B])c([B])c([B])c5c5c6sc7c([B])c([B])c([B])c([B])c7c6c([B])c([B])c54)cc23)c1[B]. The van der Waals surface area contributed by atoms with Gasteiger partial charge in [-0.1, -0.05) is 65.6 Å². The molecule has 6 heterocycles. The van der Waals surface area contributed by atoms with Crippen LogP contribution in [-0.4, -0.2) is 176 Å². The summed E-state index contributed by atoms with van der Waals surface area (Å²) < 4.78 is 17.8. The van der Waals surface area contributed by atoms with Crippen molar-refractivity contribution in [3.63, 3.8) is 0 Å². The van der Waals surface area contributed by atoms with Gasteiger partial charge < -0.3 is 13.4 Å². The number of rotatable bonds is 2. The highest BCUT2D eigenvalue weighted by Crippen LogP contribution is 2.42. The molecule has 0 bridgehead atoms. The molecule has 0 amide bonds. The van der Waals surface area contributed by atoms with Gasteiger partial charge in [-0.3, -0.25) is 4.57 Å². The monoisotopic (exact) mass is 896 g/mol. The Morgan fingerprint density at radius 2 is 0.781 bits per heavy atom. The minimum atomic E-state index is -0.0171. The predicted molar refractivity (Wildman–Crippen MR) is 326 cm³/mol. The van der Waals surface area contributed by atoms with Gasteiger partial charge in [0.2, 0.25) is 0 Å². The molecule has 0 spiro atoms. The lowest BCUT2D eigenvalue weighted by molar-refractivity contribution is 0.662. The first kappa shape index (κ1) is 47.1. The first-order chi connectivity index (χ1) is 34.6. The first-order valence-corrected chi connectivity index (χ1v) is 22.6. The average Bonchev–Trinajstić information content (AvgIpc) is 4.21. The van der Waals surface area contributed by atoms with E-state index >= 15 is 0 Å². The van der Waals surface area contributed by atoms with Gasteiger partial charge in [-0.15, -0.1) is 55.0 Å². The second kappa shape index (κ2) is 15.5. The van der Waals surface area contributed by atoms with Gasteiger partial charge in [-0.2, -0.15) is 0 Å². The van der Waals surface area contributed by atoms with Crippen LogP contribution in [0.4, 0.5) is 0 Å². The molecule has 0 saturated carbocycles. The third-order valence-corrected chi connectivity index (χ3v) is 15.7. The molecule has 286 valence electrons. The predicted octanol–water partition coefficient (Wildman–Crippen LogP) is -11.3. The molecule has 27 heteroatoms. The van der Waals surface area contributed by atoms with Crippen molar-refractivity contribution in [2.45, 2.75) is 0 Å². The minimum absolute atomic E-state index is 0.00430. The maximum Gasteiger partial charge on any atom is 0.197 e. The number of fused-ring (bicyclic) bond motifs is 17. The summed E-state index contributed by atoms with van der Waals surface area (Å²) in [5.41, 5.74) is 4.33. The lowest BCUT2D eigenvalue weighted by Crippen LogP contribution is -2.48. The molecule has 7 aromatic carbocycles. The Bertz CT molecular complexity index is 4880. The van der Waals surface area contributed by atoms with Crippen LogP contribution >= 0.6 is 11.3 Å². The molecule has 0 fully saturated rings. The van der Waals surface area contributed by atoms with E-state index < -0.39 is 0 Å². The summed E-state index contributed by atoms with van der Waals surface area (Å²) in [5, 5.41) is 3.55. The third kappa shape index (κ3) is 5.61. The lowest BCUT2D eigenvalue weighted by atomic mass is 9.64. The van der Waals surface area contributed by atoms with E-state index in [0.717, 1.165) is 0 Å². The van der Waals surface area contributed by atoms with E-state index in [1.165, 1.54) is 17.7 Å². The van der Waals surface area contributed by atoms with Crippen LogP contribution in [0.15, 0.2) is 33.4 Å². The third-order valence-electron chi connectivity index (χ3n) is 14.5. The molecule has 6 aromatic heterocycles. The Morgan fingerprint density at radius 3 is 1.41 bits per heavy atom. The number of aromatic nitrogens is 4. The van der Waals surface area contributed by atoms with E-state index in [1.54, 1.807) is 21.3 Å². The van der Waals surface area contributed by atoms with Crippen molar-refractivity contribution in [3.8, 4) is 11.5 Å². The number of hydrogen-bond acceptors (Lipinski definition) is 5. The zero-order chi connectivity index (χ0) is 51.8. The molecular weight excluding hydrogens is 889 g/mol. The second-order valence-corrected chi connectivity index (χ2v) is 19.0. The highest BCUT2D eigenvalue weighted by Gasteiger charge is 2.31. The number of hydrogen-bond donors (Lipinski definition) is 0. The summed E-state index contributed by atoms with van der Waals surface area (Å²) in [6.45, 7) is 0. The summed E-state index contributed by atoms with van der Waals surface area (Å²) in [4.78, 5) is 9.50. The molecule has 40 radical (unpaired) electrons. The fourth-order valence-electron chi connectivity index (χ4n) is 10.8. The van der Waals surface area contributed by atoms with Crippen LogP contribution in [0.5, 0.6) is 0 Å². The second-order valence-electron chi connectivity index (χ2n) is 18.0. The highest BCUT2D eigenvalue weighted by molar-refractivity contribution is 7.28. The van der Waals surface area contributed by atoms with Crippen LogP contribution in [0.3, 0.4) is 0 Å². The fraction of sp³-hybridized carbons (Fsp3) is 0. The van der Waals surface area contributed by atoms with Gasteiger partial charge in [0.25, 0.3) is 0 Å². The summed E-state index contributed by atoms with van der Waals surface area (Å²) in [5.74, 6) is 0.133. The molecule has 0 aliphatic heterocycles. The van der Waals surface area contributed by atoms with Gasteiger partial charge in [-0.05, 0) is 29.0 Å². The molecule has 0 atom stereocenters. The molecule has 0 aliphatic rings. The molecule has 0 saturated heterocycles. The van der Waals surface area contributed by atoms with Gasteiger partial charge in [0.05, 0.1) is 10.9 Å². The summed E-state index contributed by atoms with van der Waals surface area (Å²) in [6, 6.07) is 5.32. The quantitative estimate of drug-likeness (QED) is 0.162. The van der Waals surface area contributed by atoms with E-state index in [0.29, 0.717) is 69.5 Å². The molecule has 13 aromatic rings. The van der Waals surface area contributed by atoms with Crippen LogP contribution < -0.4 is 109 Å². The van der Waals surface area contributed by atoms with Gasteiger partial charge in [-0.25, -0.2) is 9.97 Å². The number of benzene rings is 7. The maximum absolute atomic E-state index is 7.13. The van der Waals surface area contributed by atoms with Gasteiger partial charge >= 0.3 is 0 Å². The Kier molecular flexibility index (Phi) is 9.97. The van der Waals surface area contributed by atoms with Crippen LogP contribution in [0.1, 0.15) is 0 Å². The normalized spacial score (nSPS) is 12.4. The zero-order valence-corrected chi connectivity index (χ0v) is 38.7. The van der Waals surface area contributed by atoms with E-state index in [1.807, 2.05) is 6.07 Å². The van der Waals surface area contributed by atoms with E-state index in [-0.39, 0.29) is 159 Å². The Hall–Kier alpha value is -5.66. The molecular formula is C46H4B20N4O2S. The Morgan fingerprint density at radius 1 is 0.342 bits per heavy atom. The van der Waals surface area contributed by atoms with Gasteiger partial charge in [0.15, 0.2) is 11.4 Å². The summed E-state index contributed by atoms with van der Waals surface area (Å²) >= 11 is 1.27. The molecule has 0 aliphatic carbocycles. The van der Waals surface area contributed by atoms with Crippen molar-refractivity contribution >= 4 is 385 Å². The average molecular weight is 893 g/mol. The number of thiophene rings is 1. The van der Waals surface area contributed by atoms with E-state index in [2.05, 4.69) is 0 Å². The van der Waals surface area contributed by atoms with Crippen LogP contribution in [-0.2, 0) is 0 Å². The molecule has 13 rings (SSSR count). The first-order valence-electron chi connectivity index (χ1n) is 21.8. The largest absolute Gasteiger partial charge is 0.456 e. The molecule has 6 nitrogen and oxygen atoms in total. The topological polar surface area (TPSA) is 61.9 Å². The van der Waals surface area contributed by atoms with E-state index in [4.69, 9.17) is 176 Å². The van der Waals surface area contributed by atoms with Crippen molar-refractivity contribution in [2.75, 3.05) is 0 Å². The molecule has 0 unspecified atom stereocenters. The van der Waals surface area contributed by atoms with Crippen LogP contribution in [0, 0.1) is 0 Å². The molecule has 73 heavy (non-hydrogen) atoms. The van der Waals surface area contributed by atoms with Crippen molar-refractivity contribution in [1.82, 2.24) is 19.1 Å².